The summed E-state index contributed by atoms with van der Waals surface area (Å²) in [5, 5.41) is 6.06. The molecule has 0 unspecified atom stereocenters. The van der Waals surface area contributed by atoms with Gasteiger partial charge in [0.2, 0.25) is 5.95 Å². The molecule has 28 heavy (non-hydrogen) atoms. The van der Waals surface area contributed by atoms with E-state index in [1.165, 1.54) is 5.56 Å². The van der Waals surface area contributed by atoms with Crippen LogP contribution in [0.25, 0.3) is 0 Å². The zero-order valence-electron chi connectivity index (χ0n) is 15.9. The van der Waals surface area contributed by atoms with Gasteiger partial charge >= 0.3 is 0 Å². The van der Waals surface area contributed by atoms with Gasteiger partial charge in [0, 0.05) is 19.3 Å². The Kier molecular flexibility index (Phi) is 6.95. The molecule has 1 aromatic heterocycles. The molecule has 0 aliphatic heterocycles. The monoisotopic (exact) mass is 376 g/mol. The molecule has 3 aromatic rings. The molecule has 0 aliphatic rings. The lowest BCUT2D eigenvalue weighted by atomic mass is 10.1. The zero-order chi connectivity index (χ0) is 19.6. The molecule has 2 aromatic carbocycles. The minimum Gasteiger partial charge on any atom is -0.497 e. The average Bonchev–Trinajstić information content (AvgIpc) is 2.75. The van der Waals surface area contributed by atoms with Crippen LogP contribution in [0.4, 0.5) is 5.95 Å². The van der Waals surface area contributed by atoms with Crippen molar-refractivity contribution < 1.29 is 9.53 Å². The van der Waals surface area contributed by atoms with Gasteiger partial charge in [-0.3, -0.25) is 4.79 Å². The average molecular weight is 376 g/mol. The fraction of sp³-hybridized carbons (Fsp3) is 0.227. The molecule has 0 saturated heterocycles. The Labute approximate surface area is 165 Å². The van der Waals surface area contributed by atoms with Crippen LogP contribution < -0.4 is 15.4 Å². The molecule has 0 spiro atoms. The number of carbonyl (C=O) groups is 1. The summed E-state index contributed by atoms with van der Waals surface area (Å²) < 4.78 is 5.21. The van der Waals surface area contributed by atoms with Crippen LogP contribution >= 0.6 is 0 Å². The Bertz CT molecular complexity index is 900. The number of ether oxygens (including phenoxy) is 1. The summed E-state index contributed by atoms with van der Waals surface area (Å²) in [4.78, 5) is 20.8. The molecule has 0 radical (unpaired) electrons. The van der Waals surface area contributed by atoms with Crippen molar-refractivity contribution in [2.45, 2.75) is 12.8 Å². The molecule has 3 rings (SSSR count). The van der Waals surface area contributed by atoms with E-state index in [0.29, 0.717) is 24.7 Å². The molecule has 0 saturated carbocycles. The van der Waals surface area contributed by atoms with Crippen molar-refractivity contribution in [2.24, 2.45) is 0 Å². The maximum atomic E-state index is 12.4. The molecular weight excluding hydrogens is 352 g/mol. The Morgan fingerprint density at radius 1 is 0.964 bits per heavy atom. The summed E-state index contributed by atoms with van der Waals surface area (Å²) in [6.45, 7) is 1.22. The van der Waals surface area contributed by atoms with Crippen LogP contribution in [-0.4, -0.2) is 36.1 Å². The van der Waals surface area contributed by atoms with Crippen molar-refractivity contribution >= 4 is 11.9 Å². The molecule has 6 heteroatoms. The van der Waals surface area contributed by atoms with E-state index < -0.39 is 0 Å². The highest BCUT2D eigenvalue weighted by molar-refractivity contribution is 5.92. The minimum absolute atomic E-state index is 0.212. The number of anilines is 1. The van der Waals surface area contributed by atoms with E-state index in [1.807, 2.05) is 42.5 Å². The maximum Gasteiger partial charge on any atom is 0.270 e. The van der Waals surface area contributed by atoms with Gasteiger partial charge in [-0.05, 0) is 42.2 Å². The Morgan fingerprint density at radius 2 is 1.75 bits per heavy atom. The number of nitrogens with zero attached hydrogens (tertiary/aromatic N) is 2. The quantitative estimate of drug-likeness (QED) is 0.600. The minimum atomic E-state index is -0.212. The van der Waals surface area contributed by atoms with E-state index in [9.17, 15) is 4.79 Å². The number of methoxy groups -OCH3 is 1. The molecule has 0 aliphatic carbocycles. The highest BCUT2D eigenvalue weighted by Gasteiger charge is 2.08. The first-order valence-electron chi connectivity index (χ1n) is 9.26. The van der Waals surface area contributed by atoms with Gasteiger partial charge in [0.05, 0.1) is 7.11 Å². The number of amides is 1. The first-order chi connectivity index (χ1) is 13.7. The standard InChI is InChI=1S/C22H24N4O2/c1-28-19-9-5-8-18(16-19)11-13-23-21(27)20-12-15-25-22(26-20)24-14-10-17-6-3-2-4-7-17/h2-9,12,15-16H,10-11,13-14H2,1H3,(H,23,27)(H,24,25,26). The van der Waals surface area contributed by atoms with Crippen molar-refractivity contribution in [3.05, 3.63) is 83.7 Å². The second-order valence-electron chi connectivity index (χ2n) is 6.29. The second kappa shape index (κ2) is 10.1. The smallest absolute Gasteiger partial charge is 0.270 e. The van der Waals surface area contributed by atoms with Gasteiger partial charge in [0.15, 0.2) is 0 Å². The second-order valence-corrected chi connectivity index (χ2v) is 6.29. The topological polar surface area (TPSA) is 76.1 Å². The van der Waals surface area contributed by atoms with Crippen LogP contribution in [0.5, 0.6) is 5.75 Å². The van der Waals surface area contributed by atoms with Crippen LogP contribution in [-0.2, 0) is 12.8 Å². The van der Waals surface area contributed by atoms with E-state index >= 15 is 0 Å². The highest BCUT2D eigenvalue weighted by atomic mass is 16.5. The number of carbonyl (C=O) groups excluding carboxylic acids is 1. The summed E-state index contributed by atoms with van der Waals surface area (Å²) in [6, 6.07) is 19.6. The van der Waals surface area contributed by atoms with Crippen LogP contribution in [0.1, 0.15) is 21.6 Å². The van der Waals surface area contributed by atoms with Gasteiger partial charge in [-0.2, -0.15) is 0 Å². The predicted octanol–water partition coefficient (Wildman–Crippen LogP) is 3.11. The molecule has 0 atom stereocenters. The zero-order valence-corrected chi connectivity index (χ0v) is 15.9. The van der Waals surface area contributed by atoms with E-state index in [1.54, 1.807) is 19.4 Å². The van der Waals surface area contributed by atoms with Gasteiger partial charge in [-0.1, -0.05) is 42.5 Å². The van der Waals surface area contributed by atoms with Crippen LogP contribution in [0.15, 0.2) is 66.9 Å². The van der Waals surface area contributed by atoms with E-state index in [0.717, 1.165) is 24.2 Å². The van der Waals surface area contributed by atoms with E-state index in [4.69, 9.17) is 4.74 Å². The van der Waals surface area contributed by atoms with Crippen LogP contribution in [0, 0.1) is 0 Å². The SMILES string of the molecule is COc1cccc(CCNC(=O)c2ccnc(NCCc3ccccc3)n2)c1. The lowest BCUT2D eigenvalue weighted by molar-refractivity contribution is 0.0949. The fourth-order valence-corrected chi connectivity index (χ4v) is 2.77. The largest absolute Gasteiger partial charge is 0.497 e. The molecule has 0 bridgehead atoms. The van der Waals surface area contributed by atoms with Crippen molar-refractivity contribution in [2.75, 3.05) is 25.5 Å². The molecule has 1 amide bonds. The van der Waals surface area contributed by atoms with Gasteiger partial charge in [0.25, 0.3) is 5.91 Å². The summed E-state index contributed by atoms with van der Waals surface area (Å²) in [5.41, 5.74) is 2.69. The molecular formula is C22H24N4O2. The first-order valence-corrected chi connectivity index (χ1v) is 9.26. The number of nitrogens with one attached hydrogen (secondary N) is 2. The van der Waals surface area contributed by atoms with Crippen molar-refractivity contribution in [1.82, 2.24) is 15.3 Å². The van der Waals surface area contributed by atoms with Crippen molar-refractivity contribution in [3.8, 4) is 5.75 Å². The number of hydrogen-bond acceptors (Lipinski definition) is 5. The summed E-state index contributed by atoms with van der Waals surface area (Å²) >= 11 is 0. The third-order valence-corrected chi connectivity index (χ3v) is 4.26. The molecule has 6 nitrogen and oxygen atoms in total. The Balaban J connectivity index is 1.47. The molecule has 1 heterocycles. The van der Waals surface area contributed by atoms with Crippen LogP contribution in [0.3, 0.4) is 0 Å². The molecule has 2 N–H and O–H groups in total. The summed E-state index contributed by atoms with van der Waals surface area (Å²) in [5.74, 6) is 1.05. The number of hydrogen-bond donors (Lipinski definition) is 2. The van der Waals surface area contributed by atoms with E-state index in [-0.39, 0.29) is 5.91 Å². The van der Waals surface area contributed by atoms with Crippen molar-refractivity contribution in [1.29, 1.82) is 0 Å². The lowest BCUT2D eigenvalue weighted by Gasteiger charge is -2.08. The van der Waals surface area contributed by atoms with Gasteiger partial charge < -0.3 is 15.4 Å². The summed E-state index contributed by atoms with van der Waals surface area (Å²) in [6.07, 6.45) is 3.17. The Hall–Kier alpha value is -3.41. The third kappa shape index (κ3) is 5.81. The lowest BCUT2D eigenvalue weighted by Crippen LogP contribution is -2.27. The number of aromatic nitrogens is 2. The third-order valence-electron chi connectivity index (χ3n) is 4.26. The van der Waals surface area contributed by atoms with Gasteiger partial charge in [-0.25, -0.2) is 9.97 Å². The predicted molar refractivity (Wildman–Crippen MR) is 110 cm³/mol. The molecule has 0 fully saturated rings. The van der Waals surface area contributed by atoms with Gasteiger partial charge in [-0.15, -0.1) is 0 Å². The first kappa shape index (κ1) is 19.4. The van der Waals surface area contributed by atoms with E-state index in [2.05, 4.69) is 32.7 Å². The normalized spacial score (nSPS) is 10.3. The summed E-state index contributed by atoms with van der Waals surface area (Å²) in [7, 11) is 1.64. The van der Waals surface area contributed by atoms with Crippen molar-refractivity contribution in [3.63, 3.8) is 0 Å². The maximum absolute atomic E-state index is 12.4. The number of benzene rings is 2. The fourth-order valence-electron chi connectivity index (χ4n) is 2.77. The van der Waals surface area contributed by atoms with Crippen LogP contribution in [0.2, 0.25) is 0 Å². The molecule has 144 valence electrons. The highest BCUT2D eigenvalue weighted by Crippen LogP contribution is 2.12. The number of rotatable bonds is 9. The Morgan fingerprint density at radius 3 is 2.57 bits per heavy atom. The van der Waals surface area contributed by atoms with Gasteiger partial charge in [0.1, 0.15) is 11.4 Å².